The number of aryl methyl sites for hydroxylation is 2. The second-order valence-electron chi connectivity index (χ2n) is 3.93. The highest BCUT2D eigenvalue weighted by atomic mass is 16.1. The summed E-state index contributed by atoms with van der Waals surface area (Å²) in [6.07, 6.45) is 2.69. The van der Waals surface area contributed by atoms with Crippen molar-refractivity contribution >= 4 is 18.3 Å². The van der Waals surface area contributed by atoms with Gasteiger partial charge in [0, 0.05) is 19.2 Å². The molecule has 0 aliphatic heterocycles. The van der Waals surface area contributed by atoms with E-state index in [-0.39, 0.29) is 0 Å². The minimum absolute atomic E-state index is 0.736. The van der Waals surface area contributed by atoms with Crippen LogP contribution in [-0.2, 0) is 0 Å². The van der Waals surface area contributed by atoms with E-state index in [1.54, 1.807) is 0 Å². The van der Waals surface area contributed by atoms with Crippen molar-refractivity contribution in [3.8, 4) is 0 Å². The monoisotopic (exact) mass is 218 g/mol. The molecule has 0 saturated heterocycles. The summed E-state index contributed by atoms with van der Waals surface area (Å²) in [7, 11) is 1.98. The first-order valence-corrected chi connectivity index (χ1v) is 5.39. The molecular weight excluding hydrogens is 200 g/mol. The van der Waals surface area contributed by atoms with Crippen LogP contribution in [0.1, 0.15) is 28.4 Å². The third kappa shape index (κ3) is 2.92. The van der Waals surface area contributed by atoms with E-state index >= 15 is 0 Å². The Morgan fingerprint density at radius 2 is 2.00 bits per heavy atom. The summed E-state index contributed by atoms with van der Waals surface area (Å²) in [5, 5.41) is 0. The SMILES string of the molecule is CCN(C)/C=N/c1cc(C)c(C=O)cc1C. The molecule has 0 aromatic heterocycles. The topological polar surface area (TPSA) is 32.7 Å². The number of rotatable bonds is 4. The number of hydrogen-bond donors (Lipinski definition) is 0. The Labute approximate surface area is 96.8 Å². The molecular formula is C13H18N2O. The van der Waals surface area contributed by atoms with Gasteiger partial charge in [-0.3, -0.25) is 4.79 Å². The summed E-state index contributed by atoms with van der Waals surface area (Å²) in [6, 6.07) is 3.82. The molecule has 0 saturated carbocycles. The number of carbonyl (C=O) groups is 1. The number of nitrogens with zero attached hydrogens (tertiary/aromatic N) is 2. The molecule has 1 aromatic carbocycles. The highest BCUT2D eigenvalue weighted by Gasteiger charge is 2.02. The van der Waals surface area contributed by atoms with Crippen LogP contribution in [0.25, 0.3) is 0 Å². The largest absolute Gasteiger partial charge is 0.366 e. The highest BCUT2D eigenvalue weighted by Crippen LogP contribution is 2.22. The van der Waals surface area contributed by atoms with Crippen molar-refractivity contribution in [3.05, 3.63) is 28.8 Å². The molecule has 0 aliphatic rings. The van der Waals surface area contributed by atoms with E-state index in [0.717, 1.165) is 35.2 Å². The molecule has 0 aliphatic carbocycles. The lowest BCUT2D eigenvalue weighted by Crippen LogP contribution is -2.14. The summed E-state index contributed by atoms with van der Waals surface area (Å²) >= 11 is 0. The Morgan fingerprint density at radius 1 is 1.31 bits per heavy atom. The predicted octanol–water partition coefficient (Wildman–Crippen LogP) is 2.73. The van der Waals surface area contributed by atoms with Gasteiger partial charge in [-0.2, -0.15) is 0 Å². The van der Waals surface area contributed by atoms with E-state index < -0.39 is 0 Å². The molecule has 3 nitrogen and oxygen atoms in total. The Bertz CT molecular complexity index is 411. The number of benzene rings is 1. The normalized spacial score (nSPS) is 10.8. The third-order valence-electron chi connectivity index (χ3n) is 2.60. The Balaban J connectivity index is 3.02. The van der Waals surface area contributed by atoms with Crippen molar-refractivity contribution in [1.82, 2.24) is 4.90 Å². The van der Waals surface area contributed by atoms with Crippen LogP contribution in [0.5, 0.6) is 0 Å². The Morgan fingerprint density at radius 3 is 2.56 bits per heavy atom. The van der Waals surface area contributed by atoms with Crippen molar-refractivity contribution in [2.45, 2.75) is 20.8 Å². The van der Waals surface area contributed by atoms with Crippen molar-refractivity contribution in [1.29, 1.82) is 0 Å². The maximum Gasteiger partial charge on any atom is 0.150 e. The van der Waals surface area contributed by atoms with Crippen LogP contribution in [-0.4, -0.2) is 31.1 Å². The van der Waals surface area contributed by atoms with Crippen molar-refractivity contribution in [2.24, 2.45) is 4.99 Å². The van der Waals surface area contributed by atoms with Gasteiger partial charge < -0.3 is 4.90 Å². The van der Waals surface area contributed by atoms with Crippen LogP contribution < -0.4 is 0 Å². The predicted molar refractivity (Wildman–Crippen MR) is 67.8 cm³/mol. The van der Waals surface area contributed by atoms with Crippen LogP contribution in [0.15, 0.2) is 17.1 Å². The fourth-order valence-electron chi connectivity index (χ4n) is 1.33. The summed E-state index contributed by atoms with van der Waals surface area (Å²) in [5.74, 6) is 0. The molecule has 0 unspecified atom stereocenters. The van der Waals surface area contributed by atoms with Crippen LogP contribution in [0.4, 0.5) is 5.69 Å². The lowest BCUT2D eigenvalue weighted by molar-refractivity contribution is 0.112. The first-order chi connectivity index (χ1) is 7.58. The molecule has 1 aromatic rings. The molecule has 86 valence electrons. The summed E-state index contributed by atoms with van der Waals surface area (Å²) in [5.41, 5.74) is 3.64. The maximum absolute atomic E-state index is 10.8. The molecule has 0 bridgehead atoms. The fraction of sp³-hybridized carbons (Fsp3) is 0.385. The summed E-state index contributed by atoms with van der Waals surface area (Å²) < 4.78 is 0. The van der Waals surface area contributed by atoms with Gasteiger partial charge in [0.15, 0.2) is 0 Å². The van der Waals surface area contributed by atoms with Crippen molar-refractivity contribution in [3.63, 3.8) is 0 Å². The van der Waals surface area contributed by atoms with E-state index in [4.69, 9.17) is 0 Å². The average molecular weight is 218 g/mol. The van der Waals surface area contributed by atoms with Gasteiger partial charge >= 0.3 is 0 Å². The van der Waals surface area contributed by atoms with Gasteiger partial charge in [0.25, 0.3) is 0 Å². The molecule has 1 rings (SSSR count). The quantitative estimate of drug-likeness (QED) is 0.442. The van der Waals surface area contributed by atoms with Gasteiger partial charge in [-0.1, -0.05) is 0 Å². The zero-order chi connectivity index (χ0) is 12.1. The van der Waals surface area contributed by atoms with Crippen LogP contribution in [0, 0.1) is 13.8 Å². The van der Waals surface area contributed by atoms with Crippen molar-refractivity contribution in [2.75, 3.05) is 13.6 Å². The van der Waals surface area contributed by atoms with E-state index in [9.17, 15) is 4.79 Å². The van der Waals surface area contributed by atoms with Crippen LogP contribution in [0.2, 0.25) is 0 Å². The first kappa shape index (κ1) is 12.4. The smallest absolute Gasteiger partial charge is 0.150 e. The maximum atomic E-state index is 10.8. The van der Waals surface area contributed by atoms with E-state index in [1.807, 2.05) is 44.3 Å². The van der Waals surface area contributed by atoms with Gasteiger partial charge in [0.2, 0.25) is 0 Å². The van der Waals surface area contributed by atoms with Gasteiger partial charge in [-0.15, -0.1) is 0 Å². The van der Waals surface area contributed by atoms with Crippen molar-refractivity contribution < 1.29 is 4.79 Å². The number of aliphatic imine (C=N–C) groups is 1. The third-order valence-corrected chi connectivity index (χ3v) is 2.60. The molecule has 0 atom stereocenters. The fourth-order valence-corrected chi connectivity index (χ4v) is 1.33. The van der Waals surface area contributed by atoms with Gasteiger partial charge in [-0.25, -0.2) is 4.99 Å². The molecule has 16 heavy (non-hydrogen) atoms. The highest BCUT2D eigenvalue weighted by molar-refractivity contribution is 5.79. The van der Waals surface area contributed by atoms with Crippen LogP contribution in [0.3, 0.4) is 0 Å². The summed E-state index contributed by atoms with van der Waals surface area (Å²) in [6.45, 7) is 6.88. The summed E-state index contributed by atoms with van der Waals surface area (Å²) in [4.78, 5) is 17.2. The lowest BCUT2D eigenvalue weighted by atomic mass is 10.1. The van der Waals surface area contributed by atoms with E-state index in [0.29, 0.717) is 0 Å². The second kappa shape index (κ2) is 5.45. The molecule has 0 heterocycles. The minimum atomic E-state index is 0.736. The standard InChI is InChI=1S/C13H18N2O/c1-5-15(4)9-14-13-7-10(2)12(8-16)6-11(13)3/h6-9H,5H2,1-4H3/b14-9+. The zero-order valence-corrected chi connectivity index (χ0v) is 10.3. The lowest BCUT2D eigenvalue weighted by Gasteiger charge is -2.09. The van der Waals surface area contributed by atoms with Gasteiger partial charge in [0.1, 0.15) is 6.29 Å². The molecule has 3 heteroatoms. The first-order valence-electron chi connectivity index (χ1n) is 5.39. The molecule has 0 N–H and O–H groups in total. The molecule has 0 amide bonds. The molecule has 0 radical (unpaired) electrons. The average Bonchev–Trinajstić information content (AvgIpc) is 2.29. The number of carbonyl (C=O) groups excluding carboxylic acids is 1. The number of hydrogen-bond acceptors (Lipinski definition) is 2. The van der Waals surface area contributed by atoms with Gasteiger partial charge in [-0.05, 0) is 44.0 Å². The van der Waals surface area contributed by atoms with E-state index in [1.165, 1.54) is 0 Å². The van der Waals surface area contributed by atoms with Gasteiger partial charge in [0.05, 0.1) is 12.0 Å². The minimum Gasteiger partial charge on any atom is -0.366 e. The zero-order valence-electron chi connectivity index (χ0n) is 10.3. The number of aldehydes is 1. The second-order valence-corrected chi connectivity index (χ2v) is 3.93. The Hall–Kier alpha value is -1.64. The van der Waals surface area contributed by atoms with E-state index in [2.05, 4.69) is 11.9 Å². The molecule has 0 spiro atoms. The Kier molecular flexibility index (Phi) is 4.23. The van der Waals surface area contributed by atoms with Crippen LogP contribution >= 0.6 is 0 Å². The molecule has 0 fully saturated rings.